The van der Waals surface area contributed by atoms with Gasteiger partial charge >= 0.3 is 0 Å². The van der Waals surface area contributed by atoms with E-state index < -0.39 is 0 Å². The number of nitrogens with zero attached hydrogens (tertiary/aromatic N) is 4. The molecule has 3 aromatic rings. The summed E-state index contributed by atoms with van der Waals surface area (Å²) in [5.41, 5.74) is 2.52. The fourth-order valence-electron chi connectivity index (χ4n) is 2.84. The fraction of sp³-hybridized carbons (Fsp3) is 0.450. The van der Waals surface area contributed by atoms with Crippen LogP contribution in [0.3, 0.4) is 0 Å². The average molecular weight is 371 g/mol. The van der Waals surface area contributed by atoms with Gasteiger partial charge in [0.25, 0.3) is 5.22 Å². The first kappa shape index (κ1) is 18.7. The maximum atomic E-state index is 5.78. The standard InChI is InChI=1S/C20H26N4OS/c1-16-14-21-24(15-16)11-7-4-8-12-26-20-23-22-19(25-20)13-17(2)18-9-5-3-6-10-18/h3,5-6,9-10,14-15,17H,4,7-8,11-13H2,1-2H3. The molecule has 0 saturated carbocycles. The van der Waals surface area contributed by atoms with E-state index in [0.717, 1.165) is 37.5 Å². The van der Waals surface area contributed by atoms with Crippen molar-refractivity contribution in [2.24, 2.45) is 0 Å². The van der Waals surface area contributed by atoms with Crippen LogP contribution < -0.4 is 0 Å². The van der Waals surface area contributed by atoms with Gasteiger partial charge in [-0.3, -0.25) is 4.68 Å². The summed E-state index contributed by atoms with van der Waals surface area (Å²) in [6.07, 6.45) is 8.24. The van der Waals surface area contributed by atoms with Crippen LogP contribution in [-0.2, 0) is 13.0 Å². The third-order valence-electron chi connectivity index (χ3n) is 4.32. The van der Waals surface area contributed by atoms with Crippen molar-refractivity contribution in [1.82, 2.24) is 20.0 Å². The Morgan fingerprint density at radius 3 is 2.73 bits per heavy atom. The summed E-state index contributed by atoms with van der Waals surface area (Å²) in [5, 5.41) is 13.3. The number of hydrogen-bond acceptors (Lipinski definition) is 5. The molecule has 0 radical (unpaired) electrons. The molecule has 2 heterocycles. The lowest BCUT2D eigenvalue weighted by atomic mass is 9.98. The predicted octanol–water partition coefficient (Wildman–Crippen LogP) is 4.88. The topological polar surface area (TPSA) is 56.7 Å². The van der Waals surface area contributed by atoms with E-state index in [1.165, 1.54) is 17.5 Å². The quantitative estimate of drug-likeness (QED) is 0.376. The Labute approximate surface area is 159 Å². The van der Waals surface area contributed by atoms with Crippen molar-refractivity contribution in [2.75, 3.05) is 5.75 Å². The fourth-order valence-corrected chi connectivity index (χ4v) is 3.62. The van der Waals surface area contributed by atoms with Gasteiger partial charge in [0, 0.05) is 24.9 Å². The Balaban J connectivity index is 1.33. The molecule has 0 amide bonds. The number of hydrogen-bond donors (Lipinski definition) is 0. The van der Waals surface area contributed by atoms with Gasteiger partial charge in [0.2, 0.25) is 5.89 Å². The zero-order chi connectivity index (χ0) is 18.2. The normalized spacial score (nSPS) is 12.4. The van der Waals surface area contributed by atoms with Gasteiger partial charge in [-0.05, 0) is 36.8 Å². The predicted molar refractivity (Wildman–Crippen MR) is 104 cm³/mol. The van der Waals surface area contributed by atoms with E-state index >= 15 is 0 Å². The van der Waals surface area contributed by atoms with Crippen molar-refractivity contribution in [3.05, 3.63) is 59.7 Å². The van der Waals surface area contributed by atoms with Crippen LogP contribution in [0.25, 0.3) is 0 Å². The third-order valence-corrected chi connectivity index (χ3v) is 5.22. The molecule has 26 heavy (non-hydrogen) atoms. The van der Waals surface area contributed by atoms with Gasteiger partial charge < -0.3 is 4.42 Å². The molecule has 138 valence electrons. The van der Waals surface area contributed by atoms with Gasteiger partial charge in [0.1, 0.15) is 0 Å². The van der Waals surface area contributed by atoms with Crippen LogP contribution in [0.15, 0.2) is 52.4 Å². The first-order valence-electron chi connectivity index (χ1n) is 9.20. The van der Waals surface area contributed by atoms with E-state index in [9.17, 15) is 0 Å². The van der Waals surface area contributed by atoms with Crippen molar-refractivity contribution in [1.29, 1.82) is 0 Å². The van der Waals surface area contributed by atoms with Gasteiger partial charge in [-0.15, -0.1) is 10.2 Å². The van der Waals surface area contributed by atoms with Gasteiger partial charge in [-0.1, -0.05) is 55.4 Å². The first-order valence-corrected chi connectivity index (χ1v) is 10.2. The minimum absolute atomic E-state index is 0.375. The molecule has 0 N–H and O–H groups in total. The van der Waals surface area contributed by atoms with E-state index in [0.29, 0.717) is 11.1 Å². The van der Waals surface area contributed by atoms with E-state index in [-0.39, 0.29) is 0 Å². The highest BCUT2D eigenvalue weighted by Gasteiger charge is 2.12. The summed E-state index contributed by atoms with van der Waals surface area (Å²) < 4.78 is 7.80. The molecular formula is C20H26N4OS. The van der Waals surface area contributed by atoms with E-state index in [1.54, 1.807) is 11.8 Å². The van der Waals surface area contributed by atoms with Crippen molar-refractivity contribution < 1.29 is 4.42 Å². The summed E-state index contributed by atoms with van der Waals surface area (Å²) in [5.74, 6) is 2.10. The maximum absolute atomic E-state index is 5.78. The molecule has 3 rings (SSSR count). The molecule has 0 bridgehead atoms. The average Bonchev–Trinajstić information content (AvgIpc) is 3.27. The lowest BCUT2D eigenvalue weighted by molar-refractivity contribution is 0.404. The monoisotopic (exact) mass is 370 g/mol. The highest BCUT2D eigenvalue weighted by molar-refractivity contribution is 7.99. The van der Waals surface area contributed by atoms with Gasteiger partial charge in [0.05, 0.1) is 6.20 Å². The van der Waals surface area contributed by atoms with Gasteiger partial charge in [0.15, 0.2) is 0 Å². The second kappa shape index (κ2) is 9.57. The molecule has 1 aromatic carbocycles. The number of benzene rings is 1. The number of unbranched alkanes of at least 4 members (excludes halogenated alkanes) is 2. The van der Waals surface area contributed by atoms with Gasteiger partial charge in [-0.25, -0.2) is 0 Å². The zero-order valence-electron chi connectivity index (χ0n) is 15.5. The summed E-state index contributed by atoms with van der Waals surface area (Å²) in [7, 11) is 0. The Hall–Kier alpha value is -2.08. The SMILES string of the molecule is Cc1cnn(CCCCCSc2nnc(CC(C)c3ccccc3)o2)c1. The van der Waals surface area contributed by atoms with Crippen LogP contribution in [-0.4, -0.2) is 25.7 Å². The van der Waals surface area contributed by atoms with Crippen LogP contribution in [0.4, 0.5) is 0 Å². The van der Waals surface area contributed by atoms with Crippen molar-refractivity contribution in [3.63, 3.8) is 0 Å². The third kappa shape index (κ3) is 5.73. The summed E-state index contributed by atoms with van der Waals surface area (Å²) in [4.78, 5) is 0. The Morgan fingerprint density at radius 2 is 1.96 bits per heavy atom. The number of aromatic nitrogens is 4. The molecule has 0 aliphatic rings. The molecule has 1 atom stereocenters. The molecule has 0 spiro atoms. The van der Waals surface area contributed by atoms with Gasteiger partial charge in [-0.2, -0.15) is 5.10 Å². The van der Waals surface area contributed by atoms with E-state index in [2.05, 4.69) is 59.6 Å². The van der Waals surface area contributed by atoms with E-state index in [1.807, 2.05) is 16.9 Å². The van der Waals surface area contributed by atoms with Crippen molar-refractivity contribution in [3.8, 4) is 0 Å². The Morgan fingerprint density at radius 1 is 1.12 bits per heavy atom. The summed E-state index contributed by atoms with van der Waals surface area (Å²) in [6.45, 7) is 5.24. The number of thioether (sulfide) groups is 1. The minimum Gasteiger partial charge on any atom is -0.416 e. The zero-order valence-corrected chi connectivity index (χ0v) is 16.3. The van der Waals surface area contributed by atoms with Crippen LogP contribution in [0.2, 0.25) is 0 Å². The van der Waals surface area contributed by atoms with E-state index in [4.69, 9.17) is 4.42 Å². The molecule has 0 fully saturated rings. The lowest BCUT2D eigenvalue weighted by Crippen LogP contribution is -1.98. The van der Waals surface area contributed by atoms with Crippen molar-refractivity contribution in [2.45, 2.75) is 57.2 Å². The van der Waals surface area contributed by atoms with Crippen molar-refractivity contribution >= 4 is 11.8 Å². The molecule has 0 aliphatic heterocycles. The van der Waals surface area contributed by atoms with Crippen LogP contribution >= 0.6 is 11.8 Å². The van der Waals surface area contributed by atoms with Crippen LogP contribution in [0.1, 0.15) is 49.1 Å². The Bertz CT molecular complexity index is 784. The highest BCUT2D eigenvalue weighted by Crippen LogP contribution is 2.23. The number of rotatable bonds is 10. The highest BCUT2D eigenvalue weighted by atomic mass is 32.2. The van der Waals surface area contributed by atoms with Crippen LogP contribution in [0.5, 0.6) is 0 Å². The second-order valence-electron chi connectivity index (χ2n) is 6.67. The molecule has 1 unspecified atom stereocenters. The molecule has 0 saturated heterocycles. The largest absolute Gasteiger partial charge is 0.416 e. The first-order chi connectivity index (χ1) is 12.7. The molecule has 0 aliphatic carbocycles. The molecule has 2 aromatic heterocycles. The lowest BCUT2D eigenvalue weighted by Gasteiger charge is -2.08. The number of aryl methyl sites for hydroxylation is 2. The molecule has 5 nitrogen and oxygen atoms in total. The Kier molecular flexibility index (Phi) is 6.89. The summed E-state index contributed by atoms with van der Waals surface area (Å²) >= 11 is 1.65. The smallest absolute Gasteiger partial charge is 0.276 e. The molecule has 6 heteroatoms. The second-order valence-corrected chi connectivity index (χ2v) is 7.71. The molecular weight excluding hydrogens is 344 g/mol. The van der Waals surface area contributed by atoms with Crippen LogP contribution in [0, 0.1) is 6.92 Å². The maximum Gasteiger partial charge on any atom is 0.276 e. The summed E-state index contributed by atoms with van der Waals surface area (Å²) in [6, 6.07) is 10.4. The minimum atomic E-state index is 0.375.